The zero-order valence-electron chi connectivity index (χ0n) is 14.9. The second-order valence-corrected chi connectivity index (χ2v) is 7.78. The summed E-state index contributed by atoms with van der Waals surface area (Å²) in [6.07, 6.45) is 1.42. The molecular weight excluding hydrogens is 326 g/mol. The molecule has 0 aromatic carbocycles. The van der Waals surface area contributed by atoms with E-state index in [4.69, 9.17) is 14.2 Å². The van der Waals surface area contributed by atoms with Crippen molar-refractivity contribution >= 4 is 17.8 Å². The fourth-order valence-corrected chi connectivity index (χ4v) is 4.12. The summed E-state index contributed by atoms with van der Waals surface area (Å²) in [7, 11) is 0. The van der Waals surface area contributed by atoms with Crippen LogP contribution in [-0.2, 0) is 28.6 Å². The van der Waals surface area contributed by atoms with E-state index >= 15 is 0 Å². The number of nitrogens with zero attached hydrogens (tertiary/aromatic N) is 1. The maximum Gasteiger partial charge on any atom is 0.330 e. The van der Waals surface area contributed by atoms with E-state index in [2.05, 4.69) is 6.58 Å². The molecule has 0 aromatic heterocycles. The molecule has 7 nitrogen and oxygen atoms in total. The number of hydrogen-bond donors (Lipinski definition) is 0. The quantitative estimate of drug-likeness (QED) is 0.406. The van der Waals surface area contributed by atoms with Gasteiger partial charge < -0.3 is 19.1 Å². The van der Waals surface area contributed by atoms with Crippen molar-refractivity contribution in [3.63, 3.8) is 0 Å². The summed E-state index contributed by atoms with van der Waals surface area (Å²) in [5, 5.41) is 0. The van der Waals surface area contributed by atoms with Crippen LogP contribution in [0.15, 0.2) is 12.7 Å². The fourth-order valence-electron chi connectivity index (χ4n) is 4.12. The Labute approximate surface area is 147 Å². The molecule has 0 spiro atoms. The minimum absolute atomic E-state index is 0.0971. The van der Waals surface area contributed by atoms with E-state index in [1.165, 1.54) is 0 Å². The largest absolute Gasteiger partial charge is 0.463 e. The number of ether oxygens (including phenoxy) is 3. The summed E-state index contributed by atoms with van der Waals surface area (Å²) in [5.41, 5.74) is -0.346. The van der Waals surface area contributed by atoms with E-state index < -0.39 is 12.1 Å². The lowest BCUT2D eigenvalue weighted by atomic mass is 9.87. The number of carbonyl (C=O) groups excluding carboxylic acids is 3. The van der Waals surface area contributed by atoms with Crippen molar-refractivity contribution in [1.82, 2.24) is 4.90 Å². The first kappa shape index (κ1) is 17.9. The molecule has 0 aromatic rings. The van der Waals surface area contributed by atoms with Gasteiger partial charge in [0.1, 0.15) is 0 Å². The Bertz CT molecular complexity index is 595. The van der Waals surface area contributed by atoms with Gasteiger partial charge in [0.15, 0.2) is 6.10 Å². The molecule has 5 atom stereocenters. The molecule has 5 unspecified atom stereocenters. The number of fused-ring (bicyclic) bond motifs is 1. The van der Waals surface area contributed by atoms with E-state index in [0.717, 1.165) is 6.08 Å². The van der Waals surface area contributed by atoms with Gasteiger partial charge in [-0.3, -0.25) is 9.59 Å². The van der Waals surface area contributed by atoms with E-state index in [1.54, 1.807) is 0 Å². The average molecular weight is 351 g/mol. The molecule has 2 bridgehead atoms. The predicted molar refractivity (Wildman–Crippen MR) is 87.4 cm³/mol. The van der Waals surface area contributed by atoms with Crippen molar-refractivity contribution in [3.05, 3.63) is 12.7 Å². The first-order chi connectivity index (χ1) is 11.7. The standard InChI is InChI=1S/C18H25NO6/c1-5-12(20)23-8-6-7-13(21)25-16-11-9-10-15(24-11)14(16)19(17(10)22)18(2,3)4/h5,10-11,14-16H,1,6-9H2,2-4H3. The van der Waals surface area contributed by atoms with Crippen molar-refractivity contribution in [2.24, 2.45) is 5.92 Å². The lowest BCUT2D eigenvalue weighted by molar-refractivity contribution is -0.157. The second kappa shape index (κ2) is 6.44. The van der Waals surface area contributed by atoms with Crippen molar-refractivity contribution in [2.75, 3.05) is 6.61 Å². The maximum atomic E-state index is 12.7. The number of rotatable bonds is 6. The number of likely N-dealkylation sites (tertiary alicyclic amines) is 1. The zero-order chi connectivity index (χ0) is 18.4. The molecule has 0 saturated carbocycles. The third kappa shape index (κ3) is 3.17. The highest BCUT2D eigenvalue weighted by atomic mass is 16.6. The first-order valence-electron chi connectivity index (χ1n) is 8.71. The highest BCUT2D eigenvalue weighted by molar-refractivity contribution is 5.85. The molecule has 25 heavy (non-hydrogen) atoms. The summed E-state index contributed by atoms with van der Waals surface area (Å²) in [6.45, 7) is 9.40. The van der Waals surface area contributed by atoms with Gasteiger partial charge in [0.25, 0.3) is 0 Å². The number of hydrogen-bond acceptors (Lipinski definition) is 6. The summed E-state index contributed by atoms with van der Waals surface area (Å²) >= 11 is 0. The van der Waals surface area contributed by atoms with Crippen molar-refractivity contribution < 1.29 is 28.6 Å². The van der Waals surface area contributed by atoms with Crippen molar-refractivity contribution in [1.29, 1.82) is 0 Å². The Morgan fingerprint density at radius 3 is 2.76 bits per heavy atom. The fraction of sp³-hybridized carbons (Fsp3) is 0.722. The summed E-state index contributed by atoms with van der Waals surface area (Å²) in [5.74, 6) is -0.880. The Morgan fingerprint density at radius 2 is 2.12 bits per heavy atom. The monoisotopic (exact) mass is 351 g/mol. The number of carbonyl (C=O) groups is 3. The van der Waals surface area contributed by atoms with Gasteiger partial charge in [-0.1, -0.05) is 6.58 Å². The third-order valence-electron chi connectivity index (χ3n) is 5.03. The molecule has 1 amide bonds. The lowest BCUT2D eigenvalue weighted by Gasteiger charge is -2.38. The van der Waals surface area contributed by atoms with Crippen LogP contribution < -0.4 is 0 Å². The third-order valence-corrected chi connectivity index (χ3v) is 5.03. The van der Waals surface area contributed by atoms with Crippen molar-refractivity contribution in [3.8, 4) is 0 Å². The van der Waals surface area contributed by atoms with E-state index in [9.17, 15) is 14.4 Å². The van der Waals surface area contributed by atoms with Crippen LogP contribution in [0.2, 0.25) is 0 Å². The molecule has 138 valence electrons. The Balaban J connectivity index is 1.58. The molecule has 3 fully saturated rings. The molecular formula is C18H25NO6. The normalized spacial score (nSPS) is 32.8. The number of esters is 2. The zero-order valence-corrected chi connectivity index (χ0v) is 14.9. The van der Waals surface area contributed by atoms with Crippen molar-refractivity contribution in [2.45, 2.75) is 69.9 Å². The van der Waals surface area contributed by atoms with Crippen LogP contribution in [-0.4, -0.2) is 59.2 Å². The topological polar surface area (TPSA) is 82.1 Å². The maximum absolute atomic E-state index is 12.7. The van der Waals surface area contributed by atoms with Gasteiger partial charge in [-0.15, -0.1) is 0 Å². The SMILES string of the molecule is C=CC(=O)OCCCC(=O)OC1C2CC3C(=O)N(C(C)(C)C)C1C3O2. The van der Waals surface area contributed by atoms with E-state index in [0.29, 0.717) is 12.8 Å². The summed E-state index contributed by atoms with van der Waals surface area (Å²) in [4.78, 5) is 37.6. The van der Waals surface area contributed by atoms with Gasteiger partial charge in [-0.05, 0) is 33.6 Å². The molecule has 0 radical (unpaired) electrons. The minimum Gasteiger partial charge on any atom is -0.463 e. The van der Waals surface area contributed by atoms with Crippen LogP contribution in [0.1, 0.15) is 40.0 Å². The Hall–Kier alpha value is -1.89. The van der Waals surface area contributed by atoms with Gasteiger partial charge in [0.05, 0.1) is 30.8 Å². The highest BCUT2D eigenvalue weighted by Gasteiger charge is 2.67. The molecule has 3 aliphatic heterocycles. The van der Waals surface area contributed by atoms with Gasteiger partial charge in [-0.2, -0.15) is 0 Å². The molecule has 7 heteroatoms. The van der Waals surface area contributed by atoms with Gasteiger partial charge in [0, 0.05) is 18.0 Å². The number of amides is 1. The van der Waals surface area contributed by atoms with Gasteiger partial charge in [-0.25, -0.2) is 4.79 Å². The minimum atomic E-state index is -0.508. The highest BCUT2D eigenvalue weighted by Crippen LogP contribution is 2.50. The van der Waals surface area contributed by atoms with Gasteiger partial charge >= 0.3 is 11.9 Å². The summed E-state index contributed by atoms with van der Waals surface area (Å²) < 4.78 is 16.4. The van der Waals surface area contributed by atoms with Crippen LogP contribution in [0.3, 0.4) is 0 Å². The van der Waals surface area contributed by atoms with Crippen LogP contribution in [0.5, 0.6) is 0 Å². The Kier molecular flexibility index (Phi) is 4.62. The van der Waals surface area contributed by atoms with Crippen LogP contribution >= 0.6 is 0 Å². The van der Waals surface area contributed by atoms with Crippen LogP contribution in [0.4, 0.5) is 0 Å². The van der Waals surface area contributed by atoms with Crippen LogP contribution in [0.25, 0.3) is 0 Å². The molecule has 0 aliphatic carbocycles. The lowest BCUT2D eigenvalue weighted by Crippen LogP contribution is -2.53. The second-order valence-electron chi connectivity index (χ2n) is 7.78. The molecule has 3 rings (SSSR count). The molecule has 3 saturated heterocycles. The van der Waals surface area contributed by atoms with E-state index in [1.807, 2.05) is 25.7 Å². The molecule has 3 aliphatic rings. The molecule has 3 heterocycles. The first-order valence-corrected chi connectivity index (χ1v) is 8.71. The molecule has 0 N–H and O–H groups in total. The van der Waals surface area contributed by atoms with Crippen LogP contribution in [0, 0.1) is 5.92 Å². The summed E-state index contributed by atoms with van der Waals surface area (Å²) in [6, 6.07) is -0.209. The van der Waals surface area contributed by atoms with E-state index in [-0.39, 0.29) is 54.6 Å². The Morgan fingerprint density at radius 1 is 1.40 bits per heavy atom. The predicted octanol–water partition coefficient (Wildman–Crippen LogP) is 1.20. The average Bonchev–Trinajstić information content (AvgIpc) is 3.14. The smallest absolute Gasteiger partial charge is 0.330 e. The van der Waals surface area contributed by atoms with Gasteiger partial charge in [0.2, 0.25) is 5.91 Å².